The molecule has 0 radical (unpaired) electrons. The van der Waals surface area contributed by atoms with Gasteiger partial charge in [-0.1, -0.05) is 29.8 Å². The van der Waals surface area contributed by atoms with Gasteiger partial charge in [0.25, 0.3) is 0 Å². The predicted octanol–water partition coefficient (Wildman–Crippen LogP) is 5.93. The molecule has 0 aliphatic carbocycles. The molecule has 4 rings (SSSR count). The normalized spacial score (nSPS) is 13.6. The standard InChI is InChI=1S/C26H21ClO5/c1-3-30-22-7-5-4-6-18(22)13-24-26(29)25-16(2)12-20(14-23(25)32-24)31-15-21(28)17-8-10-19(27)11-9-17/h4-14H,3,15H2,1-2H3/b24-13-. The molecule has 0 saturated carbocycles. The molecule has 3 aromatic rings. The van der Waals surface area contributed by atoms with E-state index in [9.17, 15) is 9.59 Å². The monoisotopic (exact) mass is 448 g/mol. The van der Waals surface area contributed by atoms with E-state index < -0.39 is 0 Å². The van der Waals surface area contributed by atoms with Gasteiger partial charge in [0, 0.05) is 22.2 Å². The molecule has 6 heteroatoms. The zero-order valence-electron chi connectivity index (χ0n) is 17.7. The van der Waals surface area contributed by atoms with E-state index >= 15 is 0 Å². The summed E-state index contributed by atoms with van der Waals surface area (Å²) in [4.78, 5) is 25.3. The maximum absolute atomic E-state index is 12.9. The molecule has 0 N–H and O–H groups in total. The van der Waals surface area contributed by atoms with Crippen LogP contribution in [0.25, 0.3) is 6.08 Å². The van der Waals surface area contributed by atoms with Crippen LogP contribution in [0.5, 0.6) is 17.2 Å². The van der Waals surface area contributed by atoms with Crippen LogP contribution in [-0.4, -0.2) is 24.8 Å². The van der Waals surface area contributed by atoms with Crippen LogP contribution < -0.4 is 14.2 Å². The van der Waals surface area contributed by atoms with Crippen molar-refractivity contribution < 1.29 is 23.8 Å². The van der Waals surface area contributed by atoms with E-state index in [-0.39, 0.29) is 23.9 Å². The van der Waals surface area contributed by atoms with Crippen molar-refractivity contribution in [3.05, 3.63) is 93.7 Å². The Morgan fingerprint density at radius 2 is 1.81 bits per heavy atom. The highest BCUT2D eigenvalue weighted by Crippen LogP contribution is 2.38. The maximum atomic E-state index is 12.9. The highest BCUT2D eigenvalue weighted by atomic mass is 35.5. The van der Waals surface area contributed by atoms with E-state index in [2.05, 4.69) is 0 Å². The van der Waals surface area contributed by atoms with Crippen LogP contribution in [0.2, 0.25) is 5.02 Å². The summed E-state index contributed by atoms with van der Waals surface area (Å²) in [6.45, 7) is 4.09. The lowest BCUT2D eigenvalue weighted by Crippen LogP contribution is -2.11. The second kappa shape index (κ2) is 9.28. The van der Waals surface area contributed by atoms with Crippen molar-refractivity contribution in [3.8, 4) is 17.2 Å². The van der Waals surface area contributed by atoms with Crippen LogP contribution in [0, 0.1) is 6.92 Å². The Labute approximate surface area is 191 Å². The lowest BCUT2D eigenvalue weighted by atomic mass is 10.0. The van der Waals surface area contributed by atoms with Gasteiger partial charge in [-0.15, -0.1) is 0 Å². The summed E-state index contributed by atoms with van der Waals surface area (Å²) >= 11 is 5.86. The van der Waals surface area contributed by atoms with Gasteiger partial charge in [-0.25, -0.2) is 0 Å². The van der Waals surface area contributed by atoms with Crippen molar-refractivity contribution in [2.45, 2.75) is 13.8 Å². The SMILES string of the molecule is CCOc1ccccc1/C=C1\Oc2cc(OCC(=O)c3ccc(Cl)cc3)cc(C)c2C1=O. The van der Waals surface area contributed by atoms with Gasteiger partial charge in [0.05, 0.1) is 12.2 Å². The average molecular weight is 449 g/mol. The first kappa shape index (κ1) is 21.7. The van der Waals surface area contributed by atoms with Gasteiger partial charge < -0.3 is 14.2 Å². The van der Waals surface area contributed by atoms with Crippen molar-refractivity contribution in [1.29, 1.82) is 0 Å². The van der Waals surface area contributed by atoms with Crippen LogP contribution in [0.1, 0.15) is 38.8 Å². The molecule has 0 fully saturated rings. The summed E-state index contributed by atoms with van der Waals surface area (Å²) in [6, 6.07) is 17.4. The van der Waals surface area contributed by atoms with Crippen molar-refractivity contribution in [2.75, 3.05) is 13.2 Å². The first-order valence-corrected chi connectivity index (χ1v) is 10.6. The van der Waals surface area contributed by atoms with Crippen LogP contribution in [0.3, 0.4) is 0 Å². The number of hydrogen-bond acceptors (Lipinski definition) is 5. The lowest BCUT2D eigenvalue weighted by molar-refractivity contribution is 0.0920. The third kappa shape index (κ3) is 4.53. The fourth-order valence-electron chi connectivity index (χ4n) is 3.46. The highest BCUT2D eigenvalue weighted by molar-refractivity contribution is 6.30. The molecule has 1 heterocycles. The Bertz CT molecular complexity index is 1210. The molecular weight excluding hydrogens is 428 g/mol. The zero-order chi connectivity index (χ0) is 22.7. The summed E-state index contributed by atoms with van der Waals surface area (Å²) in [5.74, 6) is 1.37. The molecule has 0 spiro atoms. The van der Waals surface area contributed by atoms with Gasteiger partial charge in [0.15, 0.2) is 18.1 Å². The third-order valence-electron chi connectivity index (χ3n) is 4.99. The molecular formula is C26H21ClO5. The molecule has 32 heavy (non-hydrogen) atoms. The summed E-state index contributed by atoms with van der Waals surface area (Å²) < 4.78 is 17.2. The topological polar surface area (TPSA) is 61.8 Å². The van der Waals surface area contributed by atoms with Crippen molar-refractivity contribution in [2.24, 2.45) is 0 Å². The van der Waals surface area contributed by atoms with E-state index in [0.717, 1.165) is 5.56 Å². The molecule has 1 aliphatic heterocycles. The number of ether oxygens (including phenoxy) is 3. The average Bonchev–Trinajstić information content (AvgIpc) is 3.09. The zero-order valence-corrected chi connectivity index (χ0v) is 18.4. The Morgan fingerprint density at radius 1 is 1.06 bits per heavy atom. The number of ketones is 2. The van der Waals surface area contributed by atoms with Crippen molar-refractivity contribution >= 4 is 29.2 Å². The molecule has 1 aliphatic rings. The number of benzene rings is 3. The number of rotatable bonds is 7. The number of allylic oxidation sites excluding steroid dienone is 1. The second-order valence-corrected chi connectivity index (χ2v) is 7.68. The van der Waals surface area contributed by atoms with Gasteiger partial charge in [0.1, 0.15) is 17.2 Å². The summed E-state index contributed by atoms with van der Waals surface area (Å²) in [5, 5.41) is 0.561. The highest BCUT2D eigenvalue weighted by Gasteiger charge is 2.30. The molecule has 0 unspecified atom stereocenters. The van der Waals surface area contributed by atoms with Crippen LogP contribution in [0.15, 0.2) is 66.4 Å². The molecule has 0 aromatic heterocycles. The van der Waals surface area contributed by atoms with Gasteiger partial charge in [-0.3, -0.25) is 9.59 Å². The van der Waals surface area contributed by atoms with Gasteiger partial charge >= 0.3 is 0 Å². The Morgan fingerprint density at radius 3 is 2.56 bits per heavy atom. The number of fused-ring (bicyclic) bond motifs is 1. The van der Waals surface area contributed by atoms with E-state index in [4.69, 9.17) is 25.8 Å². The molecule has 3 aromatic carbocycles. The van der Waals surface area contributed by atoms with Crippen LogP contribution in [-0.2, 0) is 0 Å². The number of para-hydroxylation sites is 1. The number of carbonyl (C=O) groups is 2. The first-order valence-electron chi connectivity index (χ1n) is 10.2. The van der Waals surface area contributed by atoms with Crippen LogP contribution >= 0.6 is 11.6 Å². The Balaban J connectivity index is 1.53. The summed E-state index contributed by atoms with van der Waals surface area (Å²) in [5.41, 5.74) is 2.47. The van der Waals surface area contributed by atoms with Crippen molar-refractivity contribution in [3.63, 3.8) is 0 Å². The number of carbonyl (C=O) groups excluding carboxylic acids is 2. The number of halogens is 1. The summed E-state index contributed by atoms with van der Waals surface area (Å²) in [7, 11) is 0. The Kier molecular flexibility index (Phi) is 6.28. The first-order chi connectivity index (χ1) is 15.5. The van der Waals surface area contributed by atoms with Crippen LogP contribution in [0.4, 0.5) is 0 Å². The minimum atomic E-state index is -0.201. The van der Waals surface area contributed by atoms with Gasteiger partial charge in [0.2, 0.25) is 5.78 Å². The maximum Gasteiger partial charge on any atom is 0.232 e. The lowest BCUT2D eigenvalue weighted by Gasteiger charge is -2.09. The van der Waals surface area contributed by atoms with E-state index in [1.54, 1.807) is 42.5 Å². The number of hydrogen-bond donors (Lipinski definition) is 0. The minimum Gasteiger partial charge on any atom is -0.493 e. The van der Waals surface area contributed by atoms with Crippen molar-refractivity contribution in [1.82, 2.24) is 0 Å². The molecule has 162 valence electrons. The van der Waals surface area contributed by atoms with E-state index in [0.29, 0.717) is 45.6 Å². The molecule has 5 nitrogen and oxygen atoms in total. The fourth-order valence-corrected chi connectivity index (χ4v) is 3.58. The van der Waals surface area contributed by atoms with Gasteiger partial charge in [-0.2, -0.15) is 0 Å². The van der Waals surface area contributed by atoms with E-state index in [1.807, 2.05) is 38.1 Å². The number of Topliss-reactive ketones (excluding diaryl/α,β-unsaturated/α-hetero) is 2. The second-order valence-electron chi connectivity index (χ2n) is 7.24. The molecule has 0 bridgehead atoms. The smallest absolute Gasteiger partial charge is 0.232 e. The molecule has 0 amide bonds. The quantitative estimate of drug-likeness (QED) is 0.331. The fraction of sp³-hybridized carbons (Fsp3) is 0.154. The van der Waals surface area contributed by atoms with E-state index in [1.165, 1.54) is 0 Å². The van der Waals surface area contributed by atoms with Gasteiger partial charge in [-0.05, 0) is 61.9 Å². The largest absolute Gasteiger partial charge is 0.493 e. The summed E-state index contributed by atoms with van der Waals surface area (Å²) in [6.07, 6.45) is 1.68. The Hall–Kier alpha value is -3.57. The predicted molar refractivity (Wildman–Crippen MR) is 123 cm³/mol. The minimum absolute atomic E-state index is 0.141. The third-order valence-corrected chi connectivity index (χ3v) is 5.24. The molecule has 0 saturated heterocycles. The number of aryl methyl sites for hydroxylation is 1. The molecule has 0 atom stereocenters.